The highest BCUT2D eigenvalue weighted by Gasteiger charge is 2.18. The van der Waals surface area contributed by atoms with Crippen molar-refractivity contribution in [3.05, 3.63) is 42.0 Å². The van der Waals surface area contributed by atoms with Gasteiger partial charge in [-0.05, 0) is 49.5 Å². The summed E-state index contributed by atoms with van der Waals surface area (Å²) in [7, 11) is 3.94. The number of likely N-dealkylation sites (tertiary alicyclic amines) is 1. The molecule has 2 aromatic rings. The average Bonchev–Trinajstić information content (AvgIpc) is 2.93. The molecule has 1 heterocycles. The Bertz CT molecular complexity index is 611. The molecule has 1 aliphatic rings. The summed E-state index contributed by atoms with van der Waals surface area (Å²) in [5.74, 6) is 1.74. The molecule has 1 N–H and O–H groups in total. The largest absolute Gasteiger partial charge is 0.496 e. The smallest absolute Gasteiger partial charge is 0.126 e. The quantitative estimate of drug-likeness (QED) is 0.913. The molecule has 3 rings (SSSR count). The maximum absolute atomic E-state index is 5.45. The van der Waals surface area contributed by atoms with E-state index in [2.05, 4.69) is 53.7 Å². The van der Waals surface area contributed by atoms with Crippen LogP contribution in [0.4, 0.5) is 0 Å². The minimum Gasteiger partial charge on any atom is -0.496 e. The Kier molecular flexibility index (Phi) is 4.42. The van der Waals surface area contributed by atoms with Crippen LogP contribution in [0, 0.1) is 5.92 Å². The second-order valence-electron chi connectivity index (χ2n) is 6.02. The Morgan fingerprint density at radius 2 is 2.00 bits per heavy atom. The Balaban J connectivity index is 1.69. The fourth-order valence-electron chi connectivity index (χ4n) is 3.27. The molecule has 0 amide bonds. The third-order valence-electron chi connectivity index (χ3n) is 4.43. The third-order valence-corrected chi connectivity index (χ3v) is 4.43. The minimum atomic E-state index is 0.791. The molecule has 0 bridgehead atoms. The van der Waals surface area contributed by atoms with E-state index in [1.807, 2.05) is 0 Å². The molecule has 1 saturated heterocycles. The van der Waals surface area contributed by atoms with Crippen molar-refractivity contribution in [3.63, 3.8) is 0 Å². The zero-order valence-corrected chi connectivity index (χ0v) is 12.9. The van der Waals surface area contributed by atoms with Crippen molar-refractivity contribution in [2.45, 2.75) is 13.0 Å². The molecule has 1 fully saturated rings. The number of hydrogen-bond donors (Lipinski definition) is 1. The molecular formula is C18H24N2O. The van der Waals surface area contributed by atoms with E-state index < -0.39 is 0 Å². The van der Waals surface area contributed by atoms with Gasteiger partial charge < -0.3 is 15.0 Å². The van der Waals surface area contributed by atoms with Crippen LogP contribution in [-0.4, -0.2) is 38.7 Å². The second-order valence-corrected chi connectivity index (χ2v) is 6.02. The maximum atomic E-state index is 5.45. The highest BCUT2D eigenvalue weighted by Crippen LogP contribution is 2.28. The van der Waals surface area contributed by atoms with Gasteiger partial charge in [-0.3, -0.25) is 0 Å². The highest BCUT2D eigenvalue weighted by atomic mass is 16.5. The molecule has 112 valence electrons. The fourth-order valence-corrected chi connectivity index (χ4v) is 3.27. The summed E-state index contributed by atoms with van der Waals surface area (Å²) >= 11 is 0. The number of benzene rings is 2. The van der Waals surface area contributed by atoms with Gasteiger partial charge in [-0.25, -0.2) is 0 Å². The lowest BCUT2D eigenvalue weighted by Crippen LogP contribution is -2.24. The van der Waals surface area contributed by atoms with Gasteiger partial charge in [0.15, 0.2) is 0 Å². The Morgan fingerprint density at radius 1 is 1.19 bits per heavy atom. The molecule has 0 spiro atoms. The summed E-state index contributed by atoms with van der Waals surface area (Å²) in [6.07, 6.45) is 1.31. The minimum absolute atomic E-state index is 0.791. The molecule has 0 saturated carbocycles. The number of ether oxygens (including phenoxy) is 1. The van der Waals surface area contributed by atoms with Crippen molar-refractivity contribution in [2.75, 3.05) is 33.8 Å². The van der Waals surface area contributed by atoms with Gasteiger partial charge in [0.2, 0.25) is 0 Å². The van der Waals surface area contributed by atoms with Crippen molar-refractivity contribution in [1.29, 1.82) is 0 Å². The van der Waals surface area contributed by atoms with Crippen molar-refractivity contribution in [1.82, 2.24) is 10.2 Å². The molecule has 3 nitrogen and oxygen atoms in total. The summed E-state index contributed by atoms with van der Waals surface area (Å²) in [6.45, 7) is 4.48. The summed E-state index contributed by atoms with van der Waals surface area (Å²) in [5.41, 5.74) is 1.35. The first-order valence-electron chi connectivity index (χ1n) is 7.72. The van der Waals surface area contributed by atoms with Crippen molar-refractivity contribution in [3.8, 4) is 5.75 Å². The van der Waals surface area contributed by atoms with Crippen LogP contribution < -0.4 is 10.1 Å². The van der Waals surface area contributed by atoms with E-state index in [-0.39, 0.29) is 0 Å². The van der Waals surface area contributed by atoms with E-state index >= 15 is 0 Å². The lowest BCUT2D eigenvalue weighted by Gasteiger charge is -2.14. The summed E-state index contributed by atoms with van der Waals surface area (Å²) < 4.78 is 5.45. The molecule has 3 heteroatoms. The van der Waals surface area contributed by atoms with E-state index in [1.165, 1.54) is 35.8 Å². The highest BCUT2D eigenvalue weighted by molar-refractivity contribution is 5.91. The van der Waals surface area contributed by atoms with Crippen molar-refractivity contribution >= 4 is 10.8 Å². The zero-order valence-electron chi connectivity index (χ0n) is 12.9. The lowest BCUT2D eigenvalue weighted by atomic mass is 10.0. The predicted octanol–water partition coefficient (Wildman–Crippen LogP) is 2.89. The average molecular weight is 284 g/mol. The Labute approximate surface area is 126 Å². The van der Waals surface area contributed by atoms with Crippen LogP contribution in [0.3, 0.4) is 0 Å². The number of methoxy groups -OCH3 is 1. The van der Waals surface area contributed by atoms with E-state index in [0.29, 0.717) is 0 Å². The van der Waals surface area contributed by atoms with Gasteiger partial charge in [-0.2, -0.15) is 0 Å². The van der Waals surface area contributed by atoms with Crippen LogP contribution >= 0.6 is 0 Å². The van der Waals surface area contributed by atoms with Crippen LogP contribution in [0.15, 0.2) is 36.4 Å². The Morgan fingerprint density at radius 3 is 2.71 bits per heavy atom. The van der Waals surface area contributed by atoms with Crippen molar-refractivity contribution in [2.24, 2.45) is 5.92 Å². The lowest BCUT2D eigenvalue weighted by molar-refractivity contribution is 0.388. The molecule has 0 aliphatic carbocycles. The summed E-state index contributed by atoms with van der Waals surface area (Å²) in [5, 5.41) is 6.11. The van der Waals surface area contributed by atoms with Gasteiger partial charge in [-0.15, -0.1) is 0 Å². The summed E-state index contributed by atoms with van der Waals surface area (Å²) in [6, 6.07) is 12.7. The number of rotatable bonds is 5. The fraction of sp³-hybridized carbons (Fsp3) is 0.444. The van der Waals surface area contributed by atoms with Gasteiger partial charge in [0.25, 0.3) is 0 Å². The molecule has 1 unspecified atom stereocenters. The number of fused-ring (bicyclic) bond motifs is 1. The monoisotopic (exact) mass is 284 g/mol. The van der Waals surface area contributed by atoms with Crippen LogP contribution in [-0.2, 0) is 6.54 Å². The molecule has 0 radical (unpaired) electrons. The first-order valence-corrected chi connectivity index (χ1v) is 7.72. The van der Waals surface area contributed by atoms with Gasteiger partial charge in [0.05, 0.1) is 7.11 Å². The summed E-state index contributed by atoms with van der Waals surface area (Å²) in [4.78, 5) is 2.41. The van der Waals surface area contributed by atoms with Gasteiger partial charge in [0, 0.05) is 18.5 Å². The number of nitrogens with one attached hydrogen (secondary N) is 1. The molecule has 21 heavy (non-hydrogen) atoms. The first kappa shape index (κ1) is 14.4. The molecule has 0 aromatic heterocycles. The maximum Gasteiger partial charge on any atom is 0.126 e. The van der Waals surface area contributed by atoms with Crippen LogP contribution in [0.1, 0.15) is 12.0 Å². The third kappa shape index (κ3) is 3.20. The predicted molar refractivity (Wildman–Crippen MR) is 87.8 cm³/mol. The zero-order chi connectivity index (χ0) is 14.7. The van der Waals surface area contributed by atoms with E-state index in [4.69, 9.17) is 4.74 Å². The first-order chi connectivity index (χ1) is 10.3. The molecule has 2 aromatic carbocycles. The normalized spacial score (nSPS) is 19.2. The van der Waals surface area contributed by atoms with Gasteiger partial charge in [-0.1, -0.05) is 30.3 Å². The van der Waals surface area contributed by atoms with Crippen LogP contribution in [0.5, 0.6) is 5.75 Å². The van der Waals surface area contributed by atoms with E-state index in [1.54, 1.807) is 7.11 Å². The van der Waals surface area contributed by atoms with E-state index in [0.717, 1.165) is 24.8 Å². The SMILES string of the molecule is COc1ccc(CNCC2CCN(C)C2)c2ccccc12. The number of nitrogens with zero attached hydrogens (tertiary/aromatic N) is 1. The topological polar surface area (TPSA) is 24.5 Å². The van der Waals surface area contributed by atoms with Crippen LogP contribution in [0.2, 0.25) is 0 Å². The molecular weight excluding hydrogens is 260 g/mol. The Hall–Kier alpha value is -1.58. The number of hydrogen-bond acceptors (Lipinski definition) is 3. The van der Waals surface area contributed by atoms with E-state index in [9.17, 15) is 0 Å². The van der Waals surface area contributed by atoms with Crippen LogP contribution in [0.25, 0.3) is 10.8 Å². The van der Waals surface area contributed by atoms with Crippen molar-refractivity contribution < 1.29 is 4.74 Å². The van der Waals surface area contributed by atoms with Gasteiger partial charge in [0.1, 0.15) is 5.75 Å². The second kappa shape index (κ2) is 6.46. The molecule has 1 aliphatic heterocycles. The van der Waals surface area contributed by atoms with Gasteiger partial charge >= 0.3 is 0 Å². The standard InChI is InChI=1S/C18H24N2O/c1-20-10-9-14(13-20)11-19-12-15-7-8-18(21-2)17-6-4-3-5-16(15)17/h3-8,14,19H,9-13H2,1-2H3. The molecule has 1 atom stereocenters.